The minimum absolute atomic E-state index is 0.0255. The van der Waals surface area contributed by atoms with Gasteiger partial charge in [-0.3, -0.25) is 4.79 Å². The van der Waals surface area contributed by atoms with Gasteiger partial charge < -0.3 is 9.30 Å². The van der Waals surface area contributed by atoms with Crippen LogP contribution in [0.1, 0.15) is 64.4 Å². The number of nitrogens with zero attached hydrogens (tertiary/aromatic N) is 3. The van der Waals surface area contributed by atoms with Crippen LogP contribution < -0.4 is 5.01 Å². The molecule has 0 saturated carbocycles. The van der Waals surface area contributed by atoms with Gasteiger partial charge in [-0.2, -0.15) is 10.1 Å². The van der Waals surface area contributed by atoms with E-state index < -0.39 is 46.6 Å². The smallest absolute Gasteiger partial charge is 0.341 e. The molecule has 6 nitrogen and oxygen atoms in total. The highest BCUT2D eigenvalue weighted by Crippen LogP contribution is 2.40. The molecule has 0 saturated heterocycles. The third-order valence-corrected chi connectivity index (χ3v) is 8.34. The second-order valence-electron chi connectivity index (χ2n) is 9.55. The molecule has 0 spiro atoms. The lowest BCUT2D eigenvalue weighted by Crippen LogP contribution is -2.25. The SMILES string of the molecule is CCOC(=O)c1c(-n2c(C)cc(/C=C3/C(=O)N(c4c(F)c(F)c(F)c(F)c4F)N=C3C)c2C)sc2c1CCCC2. The number of hydrogen-bond acceptors (Lipinski definition) is 5. The molecule has 0 radical (unpaired) electrons. The van der Waals surface area contributed by atoms with Crippen LogP contribution in [-0.2, 0) is 22.4 Å². The summed E-state index contributed by atoms with van der Waals surface area (Å²) in [5, 5.41) is 4.69. The van der Waals surface area contributed by atoms with Crippen molar-refractivity contribution in [3.8, 4) is 5.00 Å². The van der Waals surface area contributed by atoms with Crippen molar-refractivity contribution in [1.29, 1.82) is 0 Å². The second kappa shape index (κ2) is 10.3. The topological polar surface area (TPSA) is 63.9 Å². The number of halogens is 5. The van der Waals surface area contributed by atoms with Gasteiger partial charge in [0.15, 0.2) is 23.3 Å². The van der Waals surface area contributed by atoms with E-state index in [9.17, 15) is 31.5 Å². The number of fused-ring (bicyclic) bond motifs is 1. The largest absolute Gasteiger partial charge is 0.462 e. The normalized spacial score (nSPS) is 16.1. The Bertz CT molecular complexity index is 1620. The lowest BCUT2D eigenvalue weighted by atomic mass is 9.95. The predicted octanol–water partition coefficient (Wildman–Crippen LogP) is 6.71. The number of aromatic nitrogens is 1. The number of hydrazone groups is 1. The van der Waals surface area contributed by atoms with E-state index >= 15 is 0 Å². The Balaban J connectivity index is 1.58. The maximum atomic E-state index is 14.4. The van der Waals surface area contributed by atoms with Gasteiger partial charge in [0.2, 0.25) is 5.82 Å². The standard InChI is InChI=1S/C28H24F5N3O3S/c1-5-39-28(38)19-16-8-6-7-9-18(16)40-27(19)35-12(2)10-15(14(35)4)11-17-13(3)34-36(26(17)37)25-23(32)21(30)20(29)22(31)24(25)33/h10-11H,5-9H2,1-4H3/b17-11+. The van der Waals surface area contributed by atoms with Crippen LogP contribution in [0.5, 0.6) is 0 Å². The Kier molecular flexibility index (Phi) is 7.15. The number of ether oxygens (including phenoxy) is 1. The van der Waals surface area contributed by atoms with Crippen LogP contribution in [0.15, 0.2) is 16.7 Å². The number of anilines is 1. The Morgan fingerprint density at radius 2 is 1.65 bits per heavy atom. The molecule has 5 rings (SSSR count). The molecule has 1 amide bonds. The highest BCUT2D eigenvalue weighted by molar-refractivity contribution is 7.15. The average molecular weight is 578 g/mol. The van der Waals surface area contributed by atoms with Crippen LogP contribution in [0.4, 0.5) is 27.6 Å². The van der Waals surface area contributed by atoms with E-state index in [4.69, 9.17) is 4.74 Å². The van der Waals surface area contributed by atoms with Crippen molar-refractivity contribution in [3.63, 3.8) is 0 Å². The quantitative estimate of drug-likeness (QED) is 0.111. The summed E-state index contributed by atoms with van der Waals surface area (Å²) in [7, 11) is 0. The fraction of sp³-hybridized carbons (Fsp3) is 0.321. The van der Waals surface area contributed by atoms with Crippen LogP contribution in [0.2, 0.25) is 0 Å². The molecule has 0 atom stereocenters. The first-order chi connectivity index (χ1) is 19.0. The molecule has 0 fully saturated rings. The van der Waals surface area contributed by atoms with Gasteiger partial charge in [-0.05, 0) is 76.6 Å². The summed E-state index contributed by atoms with van der Waals surface area (Å²) in [6.07, 6.45) is 5.07. The summed E-state index contributed by atoms with van der Waals surface area (Å²) in [5.74, 6) is -12.5. The van der Waals surface area contributed by atoms with Crippen molar-refractivity contribution < 1.29 is 36.3 Å². The maximum Gasteiger partial charge on any atom is 0.341 e. The maximum absolute atomic E-state index is 14.4. The van der Waals surface area contributed by atoms with Crippen molar-refractivity contribution in [1.82, 2.24) is 4.57 Å². The van der Waals surface area contributed by atoms with E-state index in [2.05, 4.69) is 5.10 Å². The zero-order valence-corrected chi connectivity index (χ0v) is 22.9. The van der Waals surface area contributed by atoms with Crippen molar-refractivity contribution in [2.45, 2.75) is 53.4 Å². The molecule has 0 bridgehead atoms. The number of carbonyl (C=O) groups excluding carboxylic acids is 2. The lowest BCUT2D eigenvalue weighted by Gasteiger charge is -2.15. The number of esters is 1. The Morgan fingerprint density at radius 3 is 2.30 bits per heavy atom. The van der Waals surface area contributed by atoms with Gasteiger partial charge in [0, 0.05) is 16.3 Å². The van der Waals surface area contributed by atoms with E-state index in [-0.39, 0.29) is 22.9 Å². The zero-order chi connectivity index (χ0) is 29.0. The molecule has 0 N–H and O–H groups in total. The second-order valence-corrected chi connectivity index (χ2v) is 10.6. The molecule has 3 aromatic rings. The molecule has 1 aliphatic heterocycles. The molecule has 1 aromatic carbocycles. The first-order valence-electron chi connectivity index (χ1n) is 12.6. The van der Waals surface area contributed by atoms with Crippen molar-refractivity contribution in [2.75, 3.05) is 11.6 Å². The van der Waals surface area contributed by atoms with Gasteiger partial charge in [0.1, 0.15) is 10.7 Å². The number of hydrogen-bond donors (Lipinski definition) is 0. The van der Waals surface area contributed by atoms with Gasteiger partial charge in [0.05, 0.1) is 23.5 Å². The number of rotatable bonds is 5. The molecule has 40 heavy (non-hydrogen) atoms. The summed E-state index contributed by atoms with van der Waals surface area (Å²) in [6, 6.07) is 1.78. The molecule has 2 aromatic heterocycles. The van der Waals surface area contributed by atoms with Crippen LogP contribution in [0.3, 0.4) is 0 Å². The van der Waals surface area contributed by atoms with Gasteiger partial charge >= 0.3 is 5.97 Å². The van der Waals surface area contributed by atoms with Crippen LogP contribution >= 0.6 is 11.3 Å². The predicted molar refractivity (Wildman–Crippen MR) is 141 cm³/mol. The Morgan fingerprint density at radius 1 is 1.02 bits per heavy atom. The first-order valence-corrected chi connectivity index (χ1v) is 13.4. The number of amides is 1. The van der Waals surface area contributed by atoms with Crippen molar-refractivity contribution in [2.24, 2.45) is 5.10 Å². The molecule has 1 aliphatic carbocycles. The molecule has 3 heterocycles. The summed E-state index contributed by atoms with van der Waals surface area (Å²) in [5.41, 5.74) is 1.99. The van der Waals surface area contributed by atoms with E-state index in [1.807, 2.05) is 11.5 Å². The summed E-state index contributed by atoms with van der Waals surface area (Å²) >= 11 is 1.52. The van der Waals surface area contributed by atoms with Gasteiger partial charge in [-0.15, -0.1) is 11.3 Å². The highest BCUT2D eigenvalue weighted by Gasteiger charge is 2.37. The monoisotopic (exact) mass is 577 g/mol. The molecular weight excluding hydrogens is 553 g/mol. The number of benzene rings is 1. The minimum atomic E-state index is -2.33. The summed E-state index contributed by atoms with van der Waals surface area (Å²) in [4.78, 5) is 27.3. The molecule has 12 heteroatoms. The van der Waals surface area contributed by atoms with Crippen LogP contribution in [0.25, 0.3) is 11.1 Å². The van der Waals surface area contributed by atoms with E-state index in [0.717, 1.165) is 41.8 Å². The number of carbonyl (C=O) groups is 2. The summed E-state index contributed by atoms with van der Waals surface area (Å²) in [6.45, 7) is 6.98. The van der Waals surface area contributed by atoms with E-state index in [0.29, 0.717) is 21.8 Å². The van der Waals surface area contributed by atoms with Crippen molar-refractivity contribution >= 4 is 40.7 Å². The Labute approximate surface area is 230 Å². The average Bonchev–Trinajstić information content (AvgIpc) is 3.53. The Hall–Kier alpha value is -3.80. The van der Waals surface area contributed by atoms with Gasteiger partial charge in [0.25, 0.3) is 5.91 Å². The first kappa shape index (κ1) is 27.8. The minimum Gasteiger partial charge on any atom is -0.462 e. The van der Waals surface area contributed by atoms with Gasteiger partial charge in [-0.1, -0.05) is 0 Å². The van der Waals surface area contributed by atoms with Crippen LogP contribution in [0, 0.1) is 42.9 Å². The number of aryl methyl sites for hydroxylation is 2. The summed E-state index contributed by atoms with van der Waals surface area (Å²) < 4.78 is 77.3. The lowest BCUT2D eigenvalue weighted by molar-refractivity contribution is -0.114. The van der Waals surface area contributed by atoms with E-state index in [1.165, 1.54) is 24.3 Å². The van der Waals surface area contributed by atoms with Gasteiger partial charge in [-0.25, -0.2) is 26.7 Å². The fourth-order valence-corrected chi connectivity index (χ4v) is 6.63. The molecule has 0 unspecified atom stereocenters. The van der Waals surface area contributed by atoms with Crippen LogP contribution in [-0.4, -0.2) is 28.8 Å². The molecule has 210 valence electrons. The van der Waals surface area contributed by atoms with E-state index in [1.54, 1.807) is 19.9 Å². The molecule has 2 aliphatic rings. The molecular formula is C28H24F5N3O3S. The third-order valence-electron chi connectivity index (χ3n) is 7.07. The zero-order valence-electron chi connectivity index (χ0n) is 22.1. The highest BCUT2D eigenvalue weighted by atomic mass is 32.1. The van der Waals surface area contributed by atoms with Crippen molar-refractivity contribution in [3.05, 3.63) is 73.7 Å². The number of thiophene rings is 1. The fourth-order valence-electron chi connectivity index (χ4n) is 5.14. The third kappa shape index (κ3) is 4.25.